The molecule has 7 nitrogen and oxygen atoms in total. The third-order valence-corrected chi connectivity index (χ3v) is 4.64. The van der Waals surface area contributed by atoms with Crippen LogP contribution in [0.15, 0.2) is 48.5 Å². The number of fused-ring (bicyclic) bond motifs is 1. The lowest BCUT2D eigenvalue weighted by Gasteiger charge is -2.06. The number of carbonyl (C=O) groups is 2. The van der Waals surface area contributed by atoms with Gasteiger partial charge in [-0.1, -0.05) is 30.3 Å². The Morgan fingerprint density at radius 2 is 1.88 bits per heavy atom. The number of ether oxygens (including phenoxy) is 1. The van der Waals surface area contributed by atoms with Gasteiger partial charge in [0.25, 0.3) is 5.91 Å². The van der Waals surface area contributed by atoms with Gasteiger partial charge in [0.15, 0.2) is 0 Å². The molecule has 1 amide bonds. The zero-order valence-electron chi connectivity index (χ0n) is 13.7. The number of benzene rings is 2. The van der Waals surface area contributed by atoms with Gasteiger partial charge in [0.1, 0.15) is 10.6 Å². The van der Waals surface area contributed by atoms with Crippen molar-refractivity contribution in [1.82, 2.24) is 0 Å². The molecule has 1 heterocycles. The summed E-state index contributed by atoms with van der Waals surface area (Å²) in [6.07, 6.45) is 0. The van der Waals surface area contributed by atoms with Crippen molar-refractivity contribution >= 4 is 44.0 Å². The Balaban J connectivity index is 1.92. The van der Waals surface area contributed by atoms with Crippen LogP contribution in [0.1, 0.15) is 27.6 Å². The number of hydrogen-bond donors (Lipinski definition) is 1. The Kier molecular flexibility index (Phi) is 4.94. The number of anilines is 1. The molecular formula is C18H14N2O5S. The van der Waals surface area contributed by atoms with Crippen molar-refractivity contribution in [1.29, 1.82) is 0 Å². The van der Waals surface area contributed by atoms with Crippen LogP contribution < -0.4 is 5.32 Å². The van der Waals surface area contributed by atoms with Gasteiger partial charge < -0.3 is 10.1 Å². The van der Waals surface area contributed by atoms with Gasteiger partial charge in [-0.2, -0.15) is 0 Å². The second-order valence-electron chi connectivity index (χ2n) is 5.32. The normalized spacial score (nSPS) is 10.5. The average molecular weight is 370 g/mol. The summed E-state index contributed by atoms with van der Waals surface area (Å²) in [5.41, 5.74) is 0.354. The Labute approximate surface area is 152 Å². The number of esters is 1. The summed E-state index contributed by atoms with van der Waals surface area (Å²) in [7, 11) is 0. The van der Waals surface area contributed by atoms with E-state index in [-0.39, 0.29) is 22.2 Å². The Morgan fingerprint density at radius 1 is 1.15 bits per heavy atom. The predicted molar refractivity (Wildman–Crippen MR) is 98.8 cm³/mol. The van der Waals surface area contributed by atoms with Crippen LogP contribution in [-0.2, 0) is 4.74 Å². The number of nitro groups is 1. The monoisotopic (exact) mass is 370 g/mol. The molecule has 26 heavy (non-hydrogen) atoms. The topological polar surface area (TPSA) is 98.5 Å². The minimum absolute atomic E-state index is 0.0299. The van der Waals surface area contributed by atoms with Gasteiger partial charge in [-0.3, -0.25) is 14.9 Å². The molecule has 8 heteroatoms. The summed E-state index contributed by atoms with van der Waals surface area (Å²) in [5.74, 6) is -1.18. The fraction of sp³-hybridized carbons (Fsp3) is 0.111. The molecule has 0 saturated heterocycles. The highest BCUT2D eigenvalue weighted by Crippen LogP contribution is 2.34. The van der Waals surface area contributed by atoms with E-state index < -0.39 is 16.8 Å². The highest BCUT2D eigenvalue weighted by atomic mass is 32.1. The molecule has 0 fully saturated rings. The quantitative estimate of drug-likeness (QED) is 0.411. The van der Waals surface area contributed by atoms with Gasteiger partial charge in [-0.25, -0.2) is 4.79 Å². The average Bonchev–Trinajstić information content (AvgIpc) is 3.05. The lowest BCUT2D eigenvalue weighted by Crippen LogP contribution is -2.14. The first-order chi connectivity index (χ1) is 12.5. The molecule has 0 aliphatic heterocycles. The third-order valence-electron chi connectivity index (χ3n) is 3.63. The lowest BCUT2D eigenvalue weighted by molar-refractivity contribution is -0.380. The summed E-state index contributed by atoms with van der Waals surface area (Å²) < 4.78 is 4.90. The van der Waals surface area contributed by atoms with Crippen LogP contribution in [0.3, 0.4) is 0 Å². The van der Waals surface area contributed by atoms with Gasteiger partial charge >= 0.3 is 11.0 Å². The second-order valence-corrected chi connectivity index (χ2v) is 6.35. The fourth-order valence-electron chi connectivity index (χ4n) is 2.43. The van der Waals surface area contributed by atoms with Gasteiger partial charge in [-0.05, 0) is 41.2 Å². The predicted octanol–water partition coefficient (Wildman–Crippen LogP) is 4.24. The van der Waals surface area contributed by atoms with Crippen molar-refractivity contribution in [2.24, 2.45) is 0 Å². The SMILES string of the molecule is CCOC(=O)c1cc([N+](=O)[O-])sc1NC(=O)c1ccc2ccccc2c1. The summed E-state index contributed by atoms with van der Waals surface area (Å²) >= 11 is 0.717. The molecule has 1 N–H and O–H groups in total. The Hall–Kier alpha value is -3.26. The number of thiophene rings is 1. The van der Waals surface area contributed by atoms with Gasteiger partial charge in [0.05, 0.1) is 11.5 Å². The molecule has 0 atom stereocenters. The van der Waals surface area contributed by atoms with E-state index in [4.69, 9.17) is 4.74 Å². The molecule has 0 spiro atoms. The maximum atomic E-state index is 12.5. The molecule has 0 aliphatic carbocycles. The van der Waals surface area contributed by atoms with E-state index >= 15 is 0 Å². The van der Waals surface area contributed by atoms with E-state index in [0.29, 0.717) is 16.9 Å². The van der Waals surface area contributed by atoms with Crippen LogP contribution in [0.25, 0.3) is 10.8 Å². The van der Waals surface area contributed by atoms with Gasteiger partial charge in [0, 0.05) is 11.6 Å². The molecule has 0 bridgehead atoms. The number of carbonyl (C=O) groups excluding carboxylic acids is 2. The van der Waals surface area contributed by atoms with Crippen molar-refractivity contribution in [2.45, 2.75) is 6.92 Å². The molecular weight excluding hydrogens is 356 g/mol. The molecule has 1 aromatic heterocycles. The van der Waals surface area contributed by atoms with Crippen LogP contribution in [-0.4, -0.2) is 23.4 Å². The first-order valence-corrected chi connectivity index (χ1v) is 8.56. The highest BCUT2D eigenvalue weighted by molar-refractivity contribution is 7.19. The van der Waals surface area contributed by atoms with Crippen molar-refractivity contribution < 1.29 is 19.2 Å². The molecule has 0 saturated carbocycles. The van der Waals surface area contributed by atoms with E-state index in [1.54, 1.807) is 19.1 Å². The highest BCUT2D eigenvalue weighted by Gasteiger charge is 2.24. The number of nitrogens with one attached hydrogen (secondary N) is 1. The van der Waals surface area contributed by atoms with Crippen molar-refractivity contribution in [3.63, 3.8) is 0 Å². The maximum absolute atomic E-state index is 12.5. The van der Waals surface area contributed by atoms with Crippen LogP contribution in [0.5, 0.6) is 0 Å². The third kappa shape index (κ3) is 3.55. The zero-order chi connectivity index (χ0) is 18.7. The summed E-state index contributed by atoms with van der Waals surface area (Å²) in [5, 5.41) is 15.3. The van der Waals surface area contributed by atoms with Crippen LogP contribution >= 0.6 is 11.3 Å². The molecule has 0 radical (unpaired) electrons. The fourth-order valence-corrected chi connectivity index (χ4v) is 3.28. The Bertz CT molecular complexity index is 1010. The zero-order valence-corrected chi connectivity index (χ0v) is 14.5. The minimum Gasteiger partial charge on any atom is -0.462 e. The second kappa shape index (κ2) is 7.32. The van der Waals surface area contributed by atoms with E-state index in [9.17, 15) is 19.7 Å². The summed E-state index contributed by atoms with van der Waals surface area (Å²) in [6.45, 7) is 1.76. The number of rotatable bonds is 5. The largest absolute Gasteiger partial charge is 0.462 e. The first kappa shape index (κ1) is 17.6. The smallest absolute Gasteiger partial charge is 0.341 e. The van der Waals surface area contributed by atoms with Crippen LogP contribution in [0.2, 0.25) is 0 Å². The molecule has 132 valence electrons. The molecule has 3 aromatic rings. The summed E-state index contributed by atoms with van der Waals surface area (Å²) in [6, 6.07) is 13.9. The van der Waals surface area contributed by atoms with Crippen molar-refractivity contribution in [3.8, 4) is 0 Å². The van der Waals surface area contributed by atoms with Gasteiger partial charge in [-0.15, -0.1) is 0 Å². The van der Waals surface area contributed by atoms with Crippen molar-refractivity contribution in [2.75, 3.05) is 11.9 Å². The standard InChI is InChI=1S/C18H14N2O5S/c1-2-25-18(22)14-10-15(20(23)24)26-17(14)19-16(21)13-8-7-11-5-3-4-6-12(11)9-13/h3-10H,2H2,1H3,(H,19,21). The lowest BCUT2D eigenvalue weighted by atomic mass is 10.1. The number of nitrogens with zero attached hydrogens (tertiary/aromatic N) is 1. The molecule has 2 aromatic carbocycles. The van der Waals surface area contributed by atoms with Crippen LogP contribution in [0.4, 0.5) is 10.0 Å². The number of hydrogen-bond acceptors (Lipinski definition) is 6. The first-order valence-electron chi connectivity index (χ1n) is 7.75. The van der Waals surface area contributed by atoms with Gasteiger partial charge in [0.2, 0.25) is 0 Å². The van der Waals surface area contributed by atoms with Crippen LogP contribution in [0, 0.1) is 10.1 Å². The van der Waals surface area contributed by atoms with E-state index in [1.807, 2.05) is 30.3 Å². The molecule has 0 aliphatic rings. The molecule has 3 rings (SSSR count). The summed E-state index contributed by atoms with van der Waals surface area (Å²) in [4.78, 5) is 34.9. The van der Waals surface area contributed by atoms with Crippen molar-refractivity contribution in [3.05, 3.63) is 69.8 Å². The minimum atomic E-state index is -0.717. The number of amides is 1. The maximum Gasteiger partial charge on any atom is 0.341 e. The van der Waals surface area contributed by atoms with E-state index in [2.05, 4.69) is 5.32 Å². The van der Waals surface area contributed by atoms with E-state index in [0.717, 1.165) is 16.8 Å². The Morgan fingerprint density at radius 3 is 2.58 bits per heavy atom. The molecule has 0 unspecified atom stereocenters. The van der Waals surface area contributed by atoms with E-state index in [1.165, 1.54) is 0 Å².